The second kappa shape index (κ2) is 5.05. The summed E-state index contributed by atoms with van der Waals surface area (Å²) in [5, 5.41) is 15.6. The van der Waals surface area contributed by atoms with Gasteiger partial charge in [0.25, 0.3) is 0 Å². The van der Waals surface area contributed by atoms with E-state index in [1.54, 1.807) is 6.07 Å². The summed E-state index contributed by atoms with van der Waals surface area (Å²) in [6.07, 6.45) is 4.62. The van der Waals surface area contributed by atoms with Gasteiger partial charge < -0.3 is 15.7 Å². The van der Waals surface area contributed by atoms with Gasteiger partial charge in [-0.2, -0.15) is 0 Å². The molecule has 0 unspecified atom stereocenters. The number of rotatable bonds is 4. The Hall–Kier alpha value is -2.21. The number of fused-ring (bicyclic) bond motifs is 1. The van der Waals surface area contributed by atoms with E-state index in [0.29, 0.717) is 22.2 Å². The smallest absolute Gasteiger partial charge is 0.228 e. The predicted molar refractivity (Wildman–Crippen MR) is 76.4 cm³/mol. The van der Waals surface area contributed by atoms with Gasteiger partial charge in [-0.15, -0.1) is 0 Å². The fraction of sp³-hybridized carbons (Fsp3) is 0.357. The molecule has 0 radical (unpaired) electrons. The number of aliphatic hydroxyl groups excluding tert-OH is 1. The zero-order chi connectivity index (χ0) is 16.6. The van der Waals surface area contributed by atoms with E-state index < -0.39 is 6.98 Å². The predicted octanol–water partition coefficient (Wildman–Crippen LogP) is 1.51. The summed E-state index contributed by atoms with van der Waals surface area (Å²) in [5.41, 5.74) is 0.528. The Kier molecular flexibility index (Phi) is 2.44. The first-order valence-corrected chi connectivity index (χ1v) is 6.35. The molecule has 0 aromatic carbocycles. The van der Waals surface area contributed by atoms with Crippen LogP contribution in [0.3, 0.4) is 0 Å². The van der Waals surface area contributed by atoms with E-state index in [4.69, 9.17) is 4.11 Å². The maximum absolute atomic E-state index is 11.8. The molecule has 2 aromatic heterocycles. The van der Waals surface area contributed by atoms with Crippen molar-refractivity contribution in [1.29, 1.82) is 0 Å². The zero-order valence-electron chi connectivity index (χ0n) is 13.7. The Morgan fingerprint density at radius 2 is 2.30 bits per heavy atom. The van der Waals surface area contributed by atoms with Crippen LogP contribution < -0.4 is 10.6 Å². The van der Waals surface area contributed by atoms with Crippen molar-refractivity contribution in [3.05, 3.63) is 24.0 Å². The molecule has 0 bridgehead atoms. The van der Waals surface area contributed by atoms with Crippen molar-refractivity contribution in [2.24, 2.45) is 5.92 Å². The molecule has 6 heteroatoms. The molecule has 1 saturated carbocycles. The van der Waals surface area contributed by atoms with Crippen LogP contribution in [0.4, 0.5) is 11.6 Å². The lowest BCUT2D eigenvalue weighted by Gasteiger charge is -2.10. The number of nitrogens with zero attached hydrogens (tertiary/aromatic N) is 2. The van der Waals surface area contributed by atoms with Crippen LogP contribution in [0.1, 0.15) is 22.5 Å². The Bertz CT molecular complexity index is 760. The molecule has 6 nitrogen and oxygen atoms in total. The average molecular weight is 275 g/mol. The molecule has 1 aliphatic rings. The molecular weight excluding hydrogens is 256 g/mol. The van der Waals surface area contributed by atoms with E-state index in [-0.39, 0.29) is 24.2 Å². The van der Waals surface area contributed by atoms with Gasteiger partial charge in [0.05, 0.1) is 6.61 Å². The van der Waals surface area contributed by atoms with Crippen molar-refractivity contribution < 1.29 is 14.0 Å². The van der Waals surface area contributed by atoms with Gasteiger partial charge in [-0.05, 0) is 24.3 Å². The second-order valence-electron chi connectivity index (χ2n) is 4.79. The molecule has 0 spiro atoms. The highest BCUT2D eigenvalue weighted by Crippen LogP contribution is 2.31. The van der Waals surface area contributed by atoms with Gasteiger partial charge in [0.1, 0.15) is 11.6 Å². The molecule has 0 aliphatic heterocycles. The van der Waals surface area contributed by atoms with E-state index >= 15 is 0 Å². The molecule has 0 saturated heterocycles. The number of anilines is 2. The van der Waals surface area contributed by atoms with E-state index in [9.17, 15) is 9.90 Å². The maximum atomic E-state index is 11.8. The molecule has 2 aromatic rings. The summed E-state index contributed by atoms with van der Waals surface area (Å²) in [7, 11) is 0. The van der Waals surface area contributed by atoms with Crippen molar-refractivity contribution in [3.63, 3.8) is 0 Å². The molecule has 20 heavy (non-hydrogen) atoms. The highest BCUT2D eigenvalue weighted by molar-refractivity contribution is 5.98. The molecule has 1 aliphatic carbocycles. The fourth-order valence-electron chi connectivity index (χ4n) is 2.06. The molecule has 2 heterocycles. The van der Waals surface area contributed by atoms with E-state index in [0.717, 1.165) is 12.8 Å². The first-order chi connectivity index (χ1) is 10.9. The van der Waals surface area contributed by atoms with E-state index in [1.807, 2.05) is 0 Å². The zero-order valence-corrected chi connectivity index (χ0v) is 10.7. The first-order valence-electron chi connectivity index (χ1n) is 7.85. The van der Waals surface area contributed by atoms with Gasteiger partial charge in [-0.1, -0.05) is 0 Å². The van der Waals surface area contributed by atoms with Gasteiger partial charge in [-0.3, -0.25) is 4.79 Å². The number of carbonyl (C=O) groups is 1. The maximum Gasteiger partial charge on any atom is 0.228 e. The topological polar surface area (TPSA) is 87.1 Å². The molecule has 1 fully saturated rings. The summed E-state index contributed by atoms with van der Waals surface area (Å²) in [6, 6.07) is 1.62. The van der Waals surface area contributed by atoms with Gasteiger partial charge >= 0.3 is 0 Å². The minimum absolute atomic E-state index is 0.0510. The van der Waals surface area contributed by atoms with Gasteiger partial charge in [-0.25, -0.2) is 9.97 Å². The first kappa shape index (κ1) is 9.66. The molecule has 3 rings (SSSR count). The molecule has 1 amide bonds. The Labute approximate surface area is 120 Å². The van der Waals surface area contributed by atoms with Crippen LogP contribution in [0.2, 0.25) is 0 Å². The standard InChI is InChI=1S/C14H16N4O2/c1-15-13-11-6-16-12(18-14(20)8-2-3-8)4-10(11)9(7-19)5-17-13/h4-6,8,19H,2-3,7H2,1H3,(H,15,17)(H,16,18,20)/i1D3. The number of amides is 1. The summed E-state index contributed by atoms with van der Waals surface area (Å²) >= 11 is 0. The highest BCUT2D eigenvalue weighted by Gasteiger charge is 2.29. The van der Waals surface area contributed by atoms with Crippen LogP contribution in [-0.4, -0.2) is 28.0 Å². The van der Waals surface area contributed by atoms with Crippen LogP contribution in [0, 0.1) is 5.92 Å². The number of hydrogen-bond acceptors (Lipinski definition) is 5. The van der Waals surface area contributed by atoms with Gasteiger partial charge in [0, 0.05) is 40.3 Å². The molecule has 0 atom stereocenters. The van der Waals surface area contributed by atoms with Crippen LogP contribution in [0.25, 0.3) is 10.8 Å². The Morgan fingerprint density at radius 1 is 1.45 bits per heavy atom. The van der Waals surface area contributed by atoms with Gasteiger partial charge in [0.2, 0.25) is 5.91 Å². The SMILES string of the molecule is [2H]C([2H])([2H])Nc1ncc(CO)c2cc(NC(=O)C3CC3)ncc12. The lowest BCUT2D eigenvalue weighted by Crippen LogP contribution is -2.14. The number of nitrogens with one attached hydrogen (secondary N) is 2. The van der Waals surface area contributed by atoms with Crippen LogP contribution in [-0.2, 0) is 11.4 Å². The summed E-state index contributed by atoms with van der Waals surface area (Å²) in [6.45, 7) is -2.64. The second-order valence-corrected chi connectivity index (χ2v) is 4.79. The van der Waals surface area contributed by atoms with Crippen molar-refractivity contribution in [1.82, 2.24) is 9.97 Å². The number of pyridine rings is 2. The molecular formula is C14H16N4O2. The lowest BCUT2D eigenvalue weighted by molar-refractivity contribution is -0.117. The largest absolute Gasteiger partial charge is 0.392 e. The third-order valence-corrected chi connectivity index (χ3v) is 3.34. The Morgan fingerprint density at radius 3 is 3.00 bits per heavy atom. The number of aliphatic hydroxyl groups is 1. The van der Waals surface area contributed by atoms with Crippen LogP contribution in [0.15, 0.2) is 18.5 Å². The number of carbonyl (C=O) groups excluding carboxylic acids is 1. The molecule has 3 N–H and O–H groups in total. The van der Waals surface area contributed by atoms with Crippen LogP contribution in [0.5, 0.6) is 0 Å². The van der Waals surface area contributed by atoms with Crippen molar-refractivity contribution in [2.75, 3.05) is 17.6 Å². The van der Waals surface area contributed by atoms with E-state index in [1.165, 1.54) is 12.4 Å². The summed E-state index contributed by atoms with van der Waals surface area (Å²) in [4.78, 5) is 20.0. The van der Waals surface area contributed by atoms with Crippen molar-refractivity contribution >= 4 is 28.3 Å². The summed E-state index contributed by atoms with van der Waals surface area (Å²) in [5.74, 6) is 0.507. The average Bonchev–Trinajstić information content (AvgIpc) is 3.30. The highest BCUT2D eigenvalue weighted by atomic mass is 16.3. The number of aromatic nitrogens is 2. The van der Waals surface area contributed by atoms with E-state index in [2.05, 4.69) is 20.6 Å². The lowest BCUT2D eigenvalue weighted by atomic mass is 10.1. The summed E-state index contributed by atoms with van der Waals surface area (Å²) < 4.78 is 21.9. The quantitative estimate of drug-likeness (QED) is 0.787. The van der Waals surface area contributed by atoms with Crippen molar-refractivity contribution in [2.45, 2.75) is 19.4 Å². The Balaban J connectivity index is 2.00. The van der Waals surface area contributed by atoms with Crippen molar-refractivity contribution in [3.8, 4) is 0 Å². The minimum Gasteiger partial charge on any atom is -0.392 e. The third-order valence-electron chi connectivity index (χ3n) is 3.34. The number of hydrogen-bond donors (Lipinski definition) is 3. The van der Waals surface area contributed by atoms with Crippen LogP contribution >= 0.6 is 0 Å². The fourth-order valence-corrected chi connectivity index (χ4v) is 2.06. The van der Waals surface area contributed by atoms with Gasteiger partial charge in [0.15, 0.2) is 0 Å². The normalized spacial score (nSPS) is 17.1. The minimum atomic E-state index is -2.39. The third kappa shape index (κ3) is 2.30. The monoisotopic (exact) mass is 275 g/mol. The molecule has 104 valence electrons.